The fraction of sp³-hybridized carbons (Fsp3) is 0.235. The third-order valence-corrected chi connectivity index (χ3v) is 4.52. The van der Waals surface area contributed by atoms with Crippen molar-refractivity contribution in [2.45, 2.75) is 25.6 Å². The molecule has 1 atom stereocenters. The molecule has 0 saturated heterocycles. The van der Waals surface area contributed by atoms with Crippen LogP contribution in [-0.2, 0) is 6.18 Å². The smallest absolute Gasteiger partial charge is 0.416 e. The van der Waals surface area contributed by atoms with Crippen LogP contribution < -0.4 is 9.47 Å². The standard InChI is InChI=1S/C17H13BrClF3O3S/c1-2-13(16(23)26)25-15-8-10(4-5-11(15)18)24-14-6-3-9(7-12(14)19)17(20,21)22/h3-8,13H,2H2,1H3,(H,23,26). The van der Waals surface area contributed by atoms with Gasteiger partial charge in [0.1, 0.15) is 17.2 Å². The van der Waals surface area contributed by atoms with Gasteiger partial charge in [0.25, 0.3) is 0 Å². The number of ether oxygens (including phenoxy) is 2. The molecule has 2 aromatic rings. The van der Waals surface area contributed by atoms with Crippen molar-refractivity contribution in [2.24, 2.45) is 0 Å². The average Bonchev–Trinajstić information content (AvgIpc) is 2.55. The Hall–Kier alpha value is -1.51. The maximum absolute atomic E-state index is 12.7. The monoisotopic (exact) mass is 468 g/mol. The zero-order chi connectivity index (χ0) is 19.5. The molecule has 0 spiro atoms. The highest BCUT2D eigenvalue weighted by atomic mass is 79.9. The molecule has 0 aliphatic heterocycles. The molecule has 0 radical (unpaired) electrons. The van der Waals surface area contributed by atoms with E-state index in [1.165, 1.54) is 6.07 Å². The maximum Gasteiger partial charge on any atom is 0.416 e. The van der Waals surface area contributed by atoms with E-state index in [4.69, 9.17) is 33.3 Å². The molecule has 0 heterocycles. The molecular formula is C17H13BrClF3O3S. The highest BCUT2D eigenvalue weighted by Crippen LogP contribution is 2.38. The number of halogens is 5. The first kappa shape index (κ1) is 20.8. The van der Waals surface area contributed by atoms with E-state index in [0.717, 1.165) is 18.2 Å². The molecule has 0 fully saturated rings. The Morgan fingerprint density at radius 3 is 2.46 bits per heavy atom. The van der Waals surface area contributed by atoms with Crippen LogP contribution in [0.2, 0.25) is 5.02 Å². The van der Waals surface area contributed by atoms with E-state index in [0.29, 0.717) is 22.4 Å². The molecule has 0 amide bonds. The van der Waals surface area contributed by atoms with Crippen molar-refractivity contribution in [3.05, 3.63) is 51.5 Å². The molecule has 2 rings (SSSR count). The van der Waals surface area contributed by atoms with Crippen molar-refractivity contribution in [3.63, 3.8) is 0 Å². The number of rotatable bonds is 6. The molecule has 9 heteroatoms. The number of aliphatic hydroxyl groups is 1. The molecule has 26 heavy (non-hydrogen) atoms. The number of hydrogen-bond donors (Lipinski definition) is 1. The van der Waals surface area contributed by atoms with Gasteiger partial charge in [-0.3, -0.25) is 0 Å². The van der Waals surface area contributed by atoms with Gasteiger partial charge in [0.2, 0.25) is 0 Å². The zero-order valence-electron chi connectivity index (χ0n) is 13.3. The van der Waals surface area contributed by atoms with Crippen LogP contribution in [0.4, 0.5) is 13.2 Å². The lowest BCUT2D eigenvalue weighted by molar-refractivity contribution is -0.137. The first-order chi connectivity index (χ1) is 12.1. The molecule has 0 aliphatic rings. The third-order valence-electron chi connectivity index (χ3n) is 3.31. The summed E-state index contributed by atoms with van der Waals surface area (Å²) in [5, 5.41) is 8.99. The van der Waals surface area contributed by atoms with Gasteiger partial charge in [-0.25, -0.2) is 0 Å². The fourth-order valence-corrected chi connectivity index (χ4v) is 2.76. The summed E-state index contributed by atoms with van der Waals surface area (Å²) in [6.45, 7) is 1.80. The average molecular weight is 470 g/mol. The lowest BCUT2D eigenvalue weighted by atomic mass is 10.2. The lowest BCUT2D eigenvalue weighted by Gasteiger charge is -2.17. The molecule has 3 nitrogen and oxygen atoms in total. The van der Waals surface area contributed by atoms with Crippen molar-refractivity contribution in [2.75, 3.05) is 0 Å². The lowest BCUT2D eigenvalue weighted by Crippen LogP contribution is -2.24. The number of hydrogen-bond acceptors (Lipinski definition) is 3. The molecule has 1 N–H and O–H groups in total. The van der Waals surface area contributed by atoms with Gasteiger partial charge in [-0.2, -0.15) is 13.2 Å². The minimum absolute atomic E-state index is 0.0673. The largest absolute Gasteiger partial charge is 0.499 e. The summed E-state index contributed by atoms with van der Waals surface area (Å²) in [6, 6.07) is 7.56. The van der Waals surface area contributed by atoms with E-state index < -0.39 is 17.8 Å². The van der Waals surface area contributed by atoms with Crippen molar-refractivity contribution < 1.29 is 27.8 Å². The van der Waals surface area contributed by atoms with Gasteiger partial charge in [0.15, 0.2) is 11.2 Å². The summed E-state index contributed by atoms with van der Waals surface area (Å²) < 4.78 is 49.9. The molecule has 0 saturated carbocycles. The topological polar surface area (TPSA) is 38.7 Å². The zero-order valence-corrected chi connectivity index (χ0v) is 16.5. The number of thiocarbonyl (C=S) groups is 1. The SMILES string of the molecule is CCC(Oc1cc(Oc2ccc(C(F)(F)F)cc2Cl)ccc1Br)C(O)=S. The predicted octanol–water partition coefficient (Wildman–Crippen LogP) is 6.96. The summed E-state index contributed by atoms with van der Waals surface area (Å²) in [5.41, 5.74) is -0.864. The Labute approximate surface area is 166 Å². The van der Waals surface area contributed by atoms with Crippen LogP contribution in [0.3, 0.4) is 0 Å². The van der Waals surface area contributed by atoms with Gasteiger partial charge < -0.3 is 14.6 Å². The van der Waals surface area contributed by atoms with Gasteiger partial charge >= 0.3 is 6.18 Å². The van der Waals surface area contributed by atoms with E-state index in [1.807, 2.05) is 0 Å². The Bertz CT molecular complexity index is 814. The van der Waals surface area contributed by atoms with Crippen LogP contribution in [0.5, 0.6) is 17.2 Å². The van der Waals surface area contributed by atoms with Crippen molar-refractivity contribution in [1.82, 2.24) is 0 Å². The van der Waals surface area contributed by atoms with Crippen molar-refractivity contribution in [3.8, 4) is 17.2 Å². The maximum atomic E-state index is 12.7. The number of aliphatic hydroxyl groups excluding tert-OH is 1. The van der Waals surface area contributed by atoms with Crippen molar-refractivity contribution in [1.29, 1.82) is 0 Å². The number of benzene rings is 2. The van der Waals surface area contributed by atoms with Crippen LogP contribution >= 0.6 is 39.7 Å². The third kappa shape index (κ3) is 5.25. The molecule has 0 aliphatic carbocycles. The summed E-state index contributed by atoms with van der Waals surface area (Å²) in [6.07, 6.45) is -4.71. The first-order valence-corrected chi connectivity index (χ1v) is 8.93. The van der Waals surface area contributed by atoms with E-state index in [1.54, 1.807) is 19.1 Å². The molecule has 0 bridgehead atoms. The van der Waals surface area contributed by atoms with Gasteiger partial charge in [-0.15, -0.1) is 0 Å². The van der Waals surface area contributed by atoms with Gasteiger partial charge in [-0.05, 0) is 64.9 Å². The minimum atomic E-state index is -4.49. The molecule has 1 unspecified atom stereocenters. The van der Waals surface area contributed by atoms with Crippen LogP contribution in [0.15, 0.2) is 40.9 Å². The van der Waals surface area contributed by atoms with Crippen LogP contribution in [0.1, 0.15) is 18.9 Å². The predicted molar refractivity (Wildman–Crippen MR) is 101 cm³/mol. The Morgan fingerprint density at radius 2 is 1.92 bits per heavy atom. The summed E-state index contributed by atoms with van der Waals surface area (Å²) >= 11 is 13.9. The Balaban J connectivity index is 2.25. The van der Waals surface area contributed by atoms with Gasteiger partial charge in [0, 0.05) is 6.07 Å². The van der Waals surface area contributed by atoms with Gasteiger partial charge in [-0.1, -0.05) is 18.5 Å². The highest BCUT2D eigenvalue weighted by molar-refractivity contribution is 9.10. The van der Waals surface area contributed by atoms with E-state index in [-0.39, 0.29) is 15.8 Å². The molecule has 0 aromatic heterocycles. The fourth-order valence-electron chi connectivity index (χ4n) is 1.99. The normalized spacial score (nSPS) is 12.5. The highest BCUT2D eigenvalue weighted by Gasteiger charge is 2.31. The van der Waals surface area contributed by atoms with E-state index in [9.17, 15) is 18.3 Å². The Morgan fingerprint density at radius 1 is 1.23 bits per heavy atom. The number of alkyl halides is 3. The summed E-state index contributed by atoms with van der Waals surface area (Å²) in [5.74, 6) is 0.718. The second-order valence-electron chi connectivity index (χ2n) is 5.19. The second kappa shape index (κ2) is 8.45. The molecule has 140 valence electrons. The first-order valence-electron chi connectivity index (χ1n) is 7.35. The minimum Gasteiger partial charge on any atom is -0.499 e. The second-order valence-corrected chi connectivity index (χ2v) is 6.87. The molecule has 2 aromatic carbocycles. The van der Waals surface area contributed by atoms with Crippen LogP contribution in [0.25, 0.3) is 0 Å². The quantitative estimate of drug-likeness (QED) is 0.464. The van der Waals surface area contributed by atoms with Crippen LogP contribution in [0, 0.1) is 0 Å². The van der Waals surface area contributed by atoms with Gasteiger partial charge in [0.05, 0.1) is 15.1 Å². The van der Waals surface area contributed by atoms with E-state index in [2.05, 4.69) is 15.9 Å². The molecular weight excluding hydrogens is 457 g/mol. The summed E-state index contributed by atoms with van der Waals surface area (Å²) in [4.78, 5) is 0. The van der Waals surface area contributed by atoms with E-state index >= 15 is 0 Å². The van der Waals surface area contributed by atoms with Crippen molar-refractivity contribution >= 4 is 44.8 Å². The Kier molecular flexibility index (Phi) is 6.76. The van der Waals surface area contributed by atoms with Crippen LogP contribution in [-0.4, -0.2) is 16.3 Å². The summed E-state index contributed by atoms with van der Waals surface area (Å²) in [7, 11) is 0.